The van der Waals surface area contributed by atoms with Crippen LogP contribution >= 0.6 is 23.2 Å². The van der Waals surface area contributed by atoms with Crippen LogP contribution in [0, 0.1) is 0 Å². The van der Waals surface area contributed by atoms with Crippen LogP contribution in [0.1, 0.15) is 23.7 Å². The molecule has 1 amide bonds. The van der Waals surface area contributed by atoms with Crippen LogP contribution in [0.15, 0.2) is 42.5 Å². The molecule has 0 saturated carbocycles. The Kier molecular flexibility index (Phi) is 7.64. The number of amides is 1. The highest BCUT2D eigenvalue weighted by atomic mass is 35.5. The number of carbonyl (C=O) groups is 3. The van der Waals surface area contributed by atoms with E-state index in [1.54, 1.807) is 43.3 Å². The molecule has 27 heavy (non-hydrogen) atoms. The zero-order valence-electron chi connectivity index (χ0n) is 14.5. The number of Topliss-reactive ketones (excluding diaryl/α,β-unsaturated/α-hetero) is 1. The van der Waals surface area contributed by atoms with Gasteiger partial charge in [0.2, 0.25) is 0 Å². The Morgan fingerprint density at radius 3 is 2.37 bits per heavy atom. The van der Waals surface area contributed by atoms with Crippen molar-refractivity contribution >= 4 is 46.5 Å². The average Bonchev–Trinajstić information content (AvgIpc) is 2.67. The summed E-state index contributed by atoms with van der Waals surface area (Å²) < 4.78 is 10.1. The number of ether oxygens (including phenoxy) is 2. The first-order chi connectivity index (χ1) is 12.9. The fourth-order valence-electron chi connectivity index (χ4n) is 2.05. The number of carbonyl (C=O) groups excluding carboxylic acids is 3. The van der Waals surface area contributed by atoms with E-state index >= 15 is 0 Å². The van der Waals surface area contributed by atoms with Gasteiger partial charge in [-0.1, -0.05) is 30.1 Å². The first-order valence-corrected chi connectivity index (χ1v) is 8.81. The molecule has 0 atom stereocenters. The van der Waals surface area contributed by atoms with Gasteiger partial charge in [0.15, 0.2) is 19.0 Å². The largest absolute Gasteiger partial charge is 0.482 e. The lowest BCUT2D eigenvalue weighted by Crippen LogP contribution is -2.23. The third kappa shape index (κ3) is 6.58. The summed E-state index contributed by atoms with van der Waals surface area (Å²) in [5, 5.41) is 3.22. The Morgan fingerprint density at radius 2 is 1.70 bits per heavy atom. The molecule has 2 rings (SSSR count). The lowest BCUT2D eigenvalue weighted by molar-refractivity contribution is -0.149. The van der Waals surface area contributed by atoms with E-state index < -0.39 is 18.5 Å². The summed E-state index contributed by atoms with van der Waals surface area (Å²) in [6.07, 6.45) is 0.412. The van der Waals surface area contributed by atoms with Crippen LogP contribution in [0.2, 0.25) is 10.0 Å². The predicted octanol–water partition coefficient (Wildman–Crippen LogP) is 4.15. The molecule has 0 spiro atoms. The van der Waals surface area contributed by atoms with Crippen molar-refractivity contribution in [3.8, 4) is 5.75 Å². The molecule has 0 aromatic heterocycles. The minimum absolute atomic E-state index is 0.0202. The maximum absolute atomic E-state index is 11.8. The number of anilines is 1. The highest BCUT2D eigenvalue weighted by molar-refractivity contribution is 6.35. The van der Waals surface area contributed by atoms with Gasteiger partial charge in [-0.2, -0.15) is 0 Å². The van der Waals surface area contributed by atoms with Crippen molar-refractivity contribution in [1.29, 1.82) is 0 Å². The van der Waals surface area contributed by atoms with E-state index in [0.717, 1.165) is 0 Å². The number of benzene rings is 2. The maximum atomic E-state index is 11.8. The maximum Gasteiger partial charge on any atom is 0.344 e. The Balaban J connectivity index is 1.76. The van der Waals surface area contributed by atoms with Gasteiger partial charge in [0.1, 0.15) is 5.75 Å². The Morgan fingerprint density at radius 1 is 1.00 bits per heavy atom. The molecule has 142 valence electrons. The van der Waals surface area contributed by atoms with Crippen molar-refractivity contribution in [3.63, 3.8) is 0 Å². The highest BCUT2D eigenvalue weighted by Crippen LogP contribution is 2.25. The summed E-state index contributed by atoms with van der Waals surface area (Å²) in [5.41, 5.74) is 0.895. The van der Waals surface area contributed by atoms with Gasteiger partial charge in [0.05, 0.1) is 10.7 Å². The van der Waals surface area contributed by atoms with Crippen molar-refractivity contribution in [2.75, 3.05) is 18.5 Å². The summed E-state index contributed by atoms with van der Waals surface area (Å²) in [4.78, 5) is 35.1. The number of halogens is 2. The molecule has 0 heterocycles. The van der Waals surface area contributed by atoms with Crippen LogP contribution in [0.25, 0.3) is 0 Å². The number of esters is 1. The van der Waals surface area contributed by atoms with Gasteiger partial charge in [-0.15, -0.1) is 0 Å². The van der Waals surface area contributed by atoms with Gasteiger partial charge in [-0.05, 0) is 42.5 Å². The predicted molar refractivity (Wildman–Crippen MR) is 103 cm³/mol. The van der Waals surface area contributed by atoms with E-state index in [1.807, 2.05) is 0 Å². The smallest absolute Gasteiger partial charge is 0.344 e. The average molecular weight is 410 g/mol. The van der Waals surface area contributed by atoms with Gasteiger partial charge < -0.3 is 14.8 Å². The van der Waals surface area contributed by atoms with E-state index in [4.69, 9.17) is 32.7 Å². The van der Waals surface area contributed by atoms with E-state index in [1.165, 1.54) is 6.07 Å². The molecule has 8 heteroatoms. The Bertz CT molecular complexity index is 836. The van der Waals surface area contributed by atoms with Gasteiger partial charge in [0, 0.05) is 17.0 Å². The molecule has 2 aromatic rings. The third-order valence-electron chi connectivity index (χ3n) is 3.42. The molecule has 0 fully saturated rings. The van der Waals surface area contributed by atoms with Crippen LogP contribution in [0.3, 0.4) is 0 Å². The summed E-state index contributed by atoms with van der Waals surface area (Å²) in [5.74, 6) is -0.840. The van der Waals surface area contributed by atoms with Crippen molar-refractivity contribution < 1.29 is 23.9 Å². The topological polar surface area (TPSA) is 81.7 Å². The molecule has 0 radical (unpaired) electrons. The lowest BCUT2D eigenvalue weighted by atomic mass is 10.1. The number of nitrogens with one attached hydrogen (secondary N) is 1. The number of hydrogen-bond donors (Lipinski definition) is 1. The number of hydrogen-bond acceptors (Lipinski definition) is 5. The second-order valence-electron chi connectivity index (χ2n) is 5.42. The fraction of sp³-hybridized carbons (Fsp3) is 0.211. The molecule has 0 aliphatic carbocycles. The molecule has 0 unspecified atom stereocenters. The Labute approximate surface area is 166 Å². The van der Waals surface area contributed by atoms with Crippen LogP contribution < -0.4 is 10.1 Å². The fourth-order valence-corrected chi connectivity index (χ4v) is 2.39. The minimum Gasteiger partial charge on any atom is -0.482 e. The number of ketones is 1. The summed E-state index contributed by atoms with van der Waals surface area (Å²) in [7, 11) is 0. The van der Waals surface area contributed by atoms with Gasteiger partial charge in [-0.3, -0.25) is 9.59 Å². The second kappa shape index (κ2) is 9.94. The van der Waals surface area contributed by atoms with Gasteiger partial charge >= 0.3 is 5.97 Å². The van der Waals surface area contributed by atoms with Crippen LogP contribution in [0.4, 0.5) is 5.69 Å². The van der Waals surface area contributed by atoms with Crippen LogP contribution in [-0.4, -0.2) is 30.9 Å². The van der Waals surface area contributed by atoms with Gasteiger partial charge in [-0.25, -0.2) is 4.79 Å². The first kappa shape index (κ1) is 20.7. The normalized spacial score (nSPS) is 10.2. The molecule has 6 nitrogen and oxygen atoms in total. The minimum atomic E-state index is -0.712. The third-order valence-corrected chi connectivity index (χ3v) is 3.99. The molecule has 0 aliphatic rings. The quantitative estimate of drug-likeness (QED) is 0.523. The monoisotopic (exact) mass is 409 g/mol. The number of rotatable bonds is 8. The first-order valence-electron chi connectivity index (χ1n) is 8.05. The highest BCUT2D eigenvalue weighted by Gasteiger charge is 2.11. The SMILES string of the molecule is CCC(=O)c1ccc(OCC(=O)OCC(=O)Nc2cc(Cl)ccc2Cl)cc1. The molecule has 0 aliphatic heterocycles. The van der Waals surface area contributed by atoms with Crippen molar-refractivity contribution in [3.05, 3.63) is 58.1 Å². The van der Waals surface area contributed by atoms with E-state index in [9.17, 15) is 14.4 Å². The standard InChI is InChI=1S/C19H17Cl2NO5/c1-2-17(23)12-3-6-14(7-4-12)26-11-19(25)27-10-18(24)22-16-9-13(20)5-8-15(16)21/h3-9H,2,10-11H2,1H3,(H,22,24). The zero-order chi connectivity index (χ0) is 19.8. The zero-order valence-corrected chi connectivity index (χ0v) is 16.0. The Hall–Kier alpha value is -2.57. The van der Waals surface area contributed by atoms with Crippen molar-refractivity contribution in [2.24, 2.45) is 0 Å². The van der Waals surface area contributed by atoms with Crippen molar-refractivity contribution in [2.45, 2.75) is 13.3 Å². The molecular formula is C19H17Cl2NO5. The van der Waals surface area contributed by atoms with Crippen molar-refractivity contribution in [1.82, 2.24) is 0 Å². The van der Waals surface area contributed by atoms with Crippen LogP contribution in [0.5, 0.6) is 5.75 Å². The second-order valence-corrected chi connectivity index (χ2v) is 6.27. The lowest BCUT2D eigenvalue weighted by Gasteiger charge is -2.09. The summed E-state index contributed by atoms with van der Waals surface area (Å²) in [6.45, 7) is 0.917. The summed E-state index contributed by atoms with van der Waals surface area (Å²) in [6, 6.07) is 11.0. The van der Waals surface area contributed by atoms with Gasteiger partial charge in [0.25, 0.3) is 5.91 Å². The molecule has 0 saturated heterocycles. The molecular weight excluding hydrogens is 393 g/mol. The molecule has 0 bridgehead atoms. The molecule has 2 aromatic carbocycles. The molecule has 1 N–H and O–H groups in total. The van der Waals surface area contributed by atoms with E-state index in [-0.39, 0.29) is 12.4 Å². The van der Waals surface area contributed by atoms with E-state index in [0.29, 0.717) is 33.5 Å². The van der Waals surface area contributed by atoms with Crippen LogP contribution in [-0.2, 0) is 14.3 Å². The van der Waals surface area contributed by atoms with E-state index in [2.05, 4.69) is 5.32 Å². The summed E-state index contributed by atoms with van der Waals surface area (Å²) >= 11 is 11.8.